The van der Waals surface area contributed by atoms with E-state index in [1.165, 1.54) is 5.56 Å². The van der Waals surface area contributed by atoms with Crippen molar-refractivity contribution in [1.29, 1.82) is 5.26 Å². The molecule has 1 heterocycles. The molecule has 0 saturated heterocycles. The van der Waals surface area contributed by atoms with Gasteiger partial charge in [0.15, 0.2) is 0 Å². The number of carbonyl (C=O) groups excluding carboxylic acids is 1. The Kier molecular flexibility index (Phi) is 4.06. The van der Waals surface area contributed by atoms with Crippen LogP contribution in [0.2, 0.25) is 0 Å². The van der Waals surface area contributed by atoms with Gasteiger partial charge in [0, 0.05) is 25.2 Å². The smallest absolute Gasteiger partial charge is 0.228 e. The van der Waals surface area contributed by atoms with Gasteiger partial charge >= 0.3 is 0 Å². The van der Waals surface area contributed by atoms with Crippen molar-refractivity contribution in [3.8, 4) is 6.07 Å². The van der Waals surface area contributed by atoms with Gasteiger partial charge in [-0.1, -0.05) is 30.3 Å². The van der Waals surface area contributed by atoms with Crippen molar-refractivity contribution in [3.05, 3.63) is 59.7 Å². The Balaban J connectivity index is 1.59. The molecule has 110 valence electrons. The highest BCUT2D eigenvalue weighted by Crippen LogP contribution is 2.27. The summed E-state index contributed by atoms with van der Waals surface area (Å²) in [5, 5.41) is 12.2. The molecule has 0 radical (unpaired) electrons. The van der Waals surface area contributed by atoms with Gasteiger partial charge in [-0.15, -0.1) is 0 Å². The van der Waals surface area contributed by atoms with Gasteiger partial charge in [0.25, 0.3) is 0 Å². The molecule has 0 atom stereocenters. The van der Waals surface area contributed by atoms with E-state index in [4.69, 9.17) is 5.26 Å². The molecule has 0 bridgehead atoms. The lowest BCUT2D eigenvalue weighted by Crippen LogP contribution is -2.30. The third-order valence-corrected chi connectivity index (χ3v) is 3.89. The van der Waals surface area contributed by atoms with Gasteiger partial charge in [-0.25, -0.2) is 0 Å². The standard InChI is InChI=1S/C18H17N3O/c19-13-15-6-1-3-7-16(15)20-11-9-18(22)21-12-10-14-5-2-4-8-17(14)21/h1-8,20H,9-12H2. The summed E-state index contributed by atoms with van der Waals surface area (Å²) in [6.45, 7) is 1.28. The first kappa shape index (κ1) is 14.2. The molecule has 0 spiro atoms. The molecule has 1 aliphatic heterocycles. The van der Waals surface area contributed by atoms with Crippen LogP contribution in [0.5, 0.6) is 0 Å². The Morgan fingerprint density at radius 3 is 2.82 bits per heavy atom. The van der Waals surface area contributed by atoms with Crippen LogP contribution in [-0.4, -0.2) is 19.0 Å². The molecule has 0 aromatic heterocycles. The van der Waals surface area contributed by atoms with E-state index < -0.39 is 0 Å². The van der Waals surface area contributed by atoms with Crippen molar-refractivity contribution >= 4 is 17.3 Å². The largest absolute Gasteiger partial charge is 0.383 e. The molecule has 0 aliphatic carbocycles. The zero-order chi connectivity index (χ0) is 15.4. The van der Waals surface area contributed by atoms with Crippen LogP contribution in [0.1, 0.15) is 17.5 Å². The van der Waals surface area contributed by atoms with E-state index in [2.05, 4.69) is 17.5 Å². The van der Waals surface area contributed by atoms with E-state index in [-0.39, 0.29) is 5.91 Å². The average molecular weight is 291 g/mol. The molecule has 4 nitrogen and oxygen atoms in total. The summed E-state index contributed by atoms with van der Waals surface area (Å²) in [6, 6.07) is 17.5. The van der Waals surface area contributed by atoms with Gasteiger partial charge in [-0.3, -0.25) is 4.79 Å². The normalized spacial score (nSPS) is 12.6. The summed E-state index contributed by atoms with van der Waals surface area (Å²) in [5.74, 6) is 0.117. The molecular formula is C18H17N3O. The van der Waals surface area contributed by atoms with E-state index in [0.29, 0.717) is 18.5 Å². The lowest BCUT2D eigenvalue weighted by atomic mass is 10.2. The number of nitrogens with one attached hydrogen (secondary N) is 1. The third kappa shape index (κ3) is 2.79. The molecule has 1 amide bonds. The van der Waals surface area contributed by atoms with Crippen molar-refractivity contribution < 1.29 is 4.79 Å². The van der Waals surface area contributed by atoms with Crippen LogP contribution in [0.25, 0.3) is 0 Å². The number of amides is 1. The Morgan fingerprint density at radius 2 is 1.95 bits per heavy atom. The summed E-state index contributed by atoms with van der Waals surface area (Å²) in [6.07, 6.45) is 1.33. The fourth-order valence-corrected chi connectivity index (χ4v) is 2.77. The highest BCUT2D eigenvalue weighted by molar-refractivity contribution is 5.95. The summed E-state index contributed by atoms with van der Waals surface area (Å²) in [7, 11) is 0. The number of benzene rings is 2. The lowest BCUT2D eigenvalue weighted by molar-refractivity contribution is -0.118. The lowest BCUT2D eigenvalue weighted by Gasteiger charge is -2.17. The van der Waals surface area contributed by atoms with Gasteiger partial charge in [0.05, 0.1) is 11.3 Å². The second-order valence-corrected chi connectivity index (χ2v) is 5.26. The number of para-hydroxylation sites is 2. The number of rotatable bonds is 4. The summed E-state index contributed by atoms with van der Waals surface area (Å²) >= 11 is 0. The molecule has 1 N–H and O–H groups in total. The maximum absolute atomic E-state index is 12.4. The van der Waals surface area contributed by atoms with Crippen LogP contribution in [0.4, 0.5) is 11.4 Å². The number of anilines is 2. The second kappa shape index (κ2) is 6.31. The maximum atomic E-state index is 12.4. The minimum absolute atomic E-state index is 0.117. The fraction of sp³-hybridized carbons (Fsp3) is 0.222. The molecule has 22 heavy (non-hydrogen) atoms. The first-order chi connectivity index (χ1) is 10.8. The maximum Gasteiger partial charge on any atom is 0.228 e. The fourth-order valence-electron chi connectivity index (χ4n) is 2.77. The van der Waals surface area contributed by atoms with Gasteiger partial charge in [-0.2, -0.15) is 5.26 Å². The molecule has 3 rings (SSSR count). The van der Waals surface area contributed by atoms with Crippen LogP contribution >= 0.6 is 0 Å². The molecule has 1 aliphatic rings. The third-order valence-electron chi connectivity index (χ3n) is 3.89. The number of nitrogens with zero attached hydrogens (tertiary/aromatic N) is 2. The number of carbonyl (C=O) groups is 1. The van der Waals surface area contributed by atoms with Gasteiger partial charge < -0.3 is 10.2 Å². The van der Waals surface area contributed by atoms with Crippen molar-refractivity contribution in [1.82, 2.24) is 0 Å². The Morgan fingerprint density at radius 1 is 1.18 bits per heavy atom. The zero-order valence-electron chi connectivity index (χ0n) is 12.2. The predicted molar refractivity (Wildman–Crippen MR) is 86.8 cm³/mol. The second-order valence-electron chi connectivity index (χ2n) is 5.26. The Hall–Kier alpha value is -2.80. The van der Waals surface area contributed by atoms with Gasteiger partial charge in [0.1, 0.15) is 6.07 Å². The van der Waals surface area contributed by atoms with Crippen LogP contribution in [0.3, 0.4) is 0 Å². The van der Waals surface area contributed by atoms with Crippen LogP contribution < -0.4 is 10.2 Å². The average Bonchev–Trinajstić information content (AvgIpc) is 2.99. The number of hydrogen-bond acceptors (Lipinski definition) is 3. The summed E-state index contributed by atoms with van der Waals surface area (Å²) < 4.78 is 0. The minimum atomic E-state index is 0.117. The molecule has 2 aromatic carbocycles. The minimum Gasteiger partial charge on any atom is -0.383 e. The molecule has 0 fully saturated rings. The van der Waals surface area contributed by atoms with E-state index in [0.717, 1.165) is 24.3 Å². The molecule has 0 unspecified atom stereocenters. The number of nitriles is 1. The van der Waals surface area contributed by atoms with Crippen molar-refractivity contribution in [2.45, 2.75) is 12.8 Å². The first-order valence-corrected chi connectivity index (χ1v) is 7.41. The van der Waals surface area contributed by atoms with Crippen LogP contribution in [0, 0.1) is 11.3 Å². The van der Waals surface area contributed by atoms with E-state index in [1.807, 2.05) is 41.3 Å². The Bertz CT molecular complexity index is 733. The first-order valence-electron chi connectivity index (χ1n) is 7.41. The van der Waals surface area contributed by atoms with Crippen molar-refractivity contribution in [2.24, 2.45) is 0 Å². The van der Waals surface area contributed by atoms with E-state index in [1.54, 1.807) is 6.07 Å². The molecular weight excluding hydrogens is 274 g/mol. The highest BCUT2D eigenvalue weighted by Gasteiger charge is 2.23. The van der Waals surface area contributed by atoms with Gasteiger partial charge in [-0.05, 0) is 30.2 Å². The molecule has 0 saturated carbocycles. The molecule has 4 heteroatoms. The Labute approximate surface area is 130 Å². The van der Waals surface area contributed by atoms with E-state index in [9.17, 15) is 4.79 Å². The van der Waals surface area contributed by atoms with Crippen LogP contribution in [0.15, 0.2) is 48.5 Å². The number of fused-ring (bicyclic) bond motifs is 1. The zero-order valence-corrected chi connectivity index (χ0v) is 12.2. The monoisotopic (exact) mass is 291 g/mol. The molecule has 2 aromatic rings. The summed E-state index contributed by atoms with van der Waals surface area (Å²) in [5.41, 5.74) is 3.64. The SMILES string of the molecule is N#Cc1ccccc1NCCC(=O)N1CCc2ccccc21. The van der Waals surface area contributed by atoms with Crippen molar-refractivity contribution in [3.63, 3.8) is 0 Å². The van der Waals surface area contributed by atoms with E-state index >= 15 is 0 Å². The van der Waals surface area contributed by atoms with Gasteiger partial charge in [0.2, 0.25) is 5.91 Å². The highest BCUT2D eigenvalue weighted by atomic mass is 16.2. The predicted octanol–water partition coefficient (Wildman–Crippen LogP) is 2.95. The summed E-state index contributed by atoms with van der Waals surface area (Å²) in [4.78, 5) is 14.2. The topological polar surface area (TPSA) is 56.1 Å². The van der Waals surface area contributed by atoms with Crippen LogP contribution in [-0.2, 0) is 11.2 Å². The van der Waals surface area contributed by atoms with Crippen molar-refractivity contribution in [2.75, 3.05) is 23.3 Å². The number of hydrogen-bond donors (Lipinski definition) is 1. The quantitative estimate of drug-likeness (QED) is 0.942.